The highest BCUT2D eigenvalue weighted by atomic mass is 16.7. The Morgan fingerprint density at radius 3 is 2.00 bits per heavy atom. The summed E-state index contributed by atoms with van der Waals surface area (Å²) in [4.78, 5) is 26.0. The van der Waals surface area contributed by atoms with Crippen molar-refractivity contribution in [2.75, 3.05) is 6.61 Å². The van der Waals surface area contributed by atoms with Crippen molar-refractivity contribution in [3.8, 4) is 17.2 Å². The molecule has 40 heavy (non-hydrogen) atoms. The smallest absolute Gasteiger partial charge is 0.229 e. The van der Waals surface area contributed by atoms with Crippen LogP contribution in [0.15, 0.2) is 30.3 Å². The molecular formula is C26H28O14. The second kappa shape index (κ2) is 10.7. The fourth-order valence-corrected chi connectivity index (χ4v) is 4.91. The van der Waals surface area contributed by atoms with E-state index in [2.05, 4.69) is 0 Å². The molecule has 2 aliphatic heterocycles. The first-order valence-electron chi connectivity index (χ1n) is 12.4. The third-order valence-electron chi connectivity index (χ3n) is 7.27. The Kier molecular flexibility index (Phi) is 7.56. The standard InChI is InChI=1S/C26H28O14/c1-8-15(27)21(33)23(35)25(38-8)37-7-13-19(31)22(34)24(36)26(40-13)39-12-6-11-14(20(32)18(12)30)17(29)10-5-3-2-4-9(10)16(11)28/h2-6,8,13,15,19,21-27,30-36H,7H2,1H3/t8-,13+,15-,19+,21+,22-,23+,24+,25+,26+/m0/s1. The number of phenols is 2. The van der Waals surface area contributed by atoms with Crippen LogP contribution in [-0.4, -0.2) is 120 Å². The fraction of sp³-hybridized carbons (Fsp3) is 0.462. The molecule has 0 aromatic heterocycles. The van der Waals surface area contributed by atoms with Crippen LogP contribution in [0.2, 0.25) is 0 Å². The van der Waals surface area contributed by atoms with Gasteiger partial charge in [0, 0.05) is 16.7 Å². The molecule has 14 nitrogen and oxygen atoms in total. The van der Waals surface area contributed by atoms with E-state index in [1.807, 2.05) is 0 Å². The van der Waals surface area contributed by atoms with Gasteiger partial charge < -0.3 is 59.8 Å². The van der Waals surface area contributed by atoms with Gasteiger partial charge in [0.05, 0.1) is 18.3 Å². The SMILES string of the molecule is C[C@@H]1O[C@@H](OC[C@H]2O[C@@H](Oc3cc4c(c(O)c3O)C(=O)c3ccccc3C4=O)[C@H](O)[C@@H](O)[C@@H]2O)[C@H](O)[C@H](O)[C@H]1O. The van der Waals surface area contributed by atoms with Crippen molar-refractivity contribution in [3.63, 3.8) is 0 Å². The van der Waals surface area contributed by atoms with Crippen LogP contribution in [0.3, 0.4) is 0 Å². The Balaban J connectivity index is 1.36. The maximum absolute atomic E-state index is 13.1. The van der Waals surface area contributed by atoms with Gasteiger partial charge >= 0.3 is 0 Å². The quantitative estimate of drug-likeness (QED) is 0.155. The van der Waals surface area contributed by atoms with Crippen LogP contribution in [0, 0.1) is 0 Å². The number of hydrogen-bond acceptors (Lipinski definition) is 14. The van der Waals surface area contributed by atoms with Gasteiger partial charge in [0.1, 0.15) is 42.7 Å². The van der Waals surface area contributed by atoms with Crippen LogP contribution in [0.1, 0.15) is 38.8 Å². The number of aromatic hydroxyl groups is 2. The molecular weight excluding hydrogens is 536 g/mol. The predicted molar refractivity (Wildman–Crippen MR) is 129 cm³/mol. The molecule has 2 saturated heterocycles. The summed E-state index contributed by atoms with van der Waals surface area (Å²) in [6.07, 6.45) is -15.7. The lowest BCUT2D eigenvalue weighted by atomic mass is 9.83. The summed E-state index contributed by atoms with van der Waals surface area (Å²) < 4.78 is 21.8. The molecule has 3 aliphatic rings. The van der Waals surface area contributed by atoms with Crippen molar-refractivity contribution in [3.05, 3.63) is 52.6 Å². The van der Waals surface area contributed by atoms with Gasteiger partial charge in [0.25, 0.3) is 0 Å². The lowest BCUT2D eigenvalue weighted by molar-refractivity contribution is -0.318. The number of carbonyl (C=O) groups excluding carboxylic acids is 2. The van der Waals surface area contributed by atoms with E-state index in [4.69, 9.17) is 18.9 Å². The summed E-state index contributed by atoms with van der Waals surface area (Å²) in [5.41, 5.74) is -0.608. The van der Waals surface area contributed by atoms with E-state index in [1.54, 1.807) is 6.07 Å². The van der Waals surface area contributed by atoms with Gasteiger partial charge in [-0.25, -0.2) is 0 Å². The molecule has 0 radical (unpaired) electrons. The van der Waals surface area contributed by atoms with E-state index in [9.17, 15) is 50.4 Å². The number of benzene rings is 2. The van der Waals surface area contributed by atoms with E-state index in [1.165, 1.54) is 25.1 Å². The molecule has 1 aliphatic carbocycles. The molecule has 216 valence electrons. The summed E-state index contributed by atoms with van der Waals surface area (Å²) in [5, 5.41) is 82.4. The second-order valence-corrected chi connectivity index (χ2v) is 9.85. The van der Waals surface area contributed by atoms with Crippen molar-refractivity contribution >= 4 is 11.6 Å². The molecule has 2 fully saturated rings. The van der Waals surface area contributed by atoms with E-state index in [0.717, 1.165) is 6.07 Å². The van der Waals surface area contributed by atoms with Crippen molar-refractivity contribution in [2.24, 2.45) is 0 Å². The average molecular weight is 564 g/mol. The number of hydrogen-bond donors (Lipinski definition) is 8. The normalized spacial score (nSPS) is 35.7. The average Bonchev–Trinajstić information content (AvgIpc) is 2.94. The molecule has 2 aromatic carbocycles. The van der Waals surface area contributed by atoms with Gasteiger partial charge in [-0.05, 0) is 13.0 Å². The van der Waals surface area contributed by atoms with Crippen LogP contribution in [0.25, 0.3) is 0 Å². The third kappa shape index (κ3) is 4.62. The van der Waals surface area contributed by atoms with Crippen LogP contribution >= 0.6 is 0 Å². The number of ether oxygens (including phenoxy) is 4. The highest BCUT2D eigenvalue weighted by molar-refractivity contribution is 6.29. The van der Waals surface area contributed by atoms with Gasteiger partial charge in [-0.1, -0.05) is 24.3 Å². The molecule has 0 unspecified atom stereocenters. The summed E-state index contributed by atoms with van der Waals surface area (Å²) in [6.45, 7) is 0.872. The van der Waals surface area contributed by atoms with Crippen molar-refractivity contribution in [2.45, 2.75) is 68.3 Å². The van der Waals surface area contributed by atoms with Gasteiger partial charge in [-0.3, -0.25) is 9.59 Å². The third-order valence-corrected chi connectivity index (χ3v) is 7.27. The molecule has 0 spiro atoms. The lowest BCUT2D eigenvalue weighted by Gasteiger charge is -2.42. The minimum atomic E-state index is -1.89. The van der Waals surface area contributed by atoms with Gasteiger partial charge in [0.2, 0.25) is 12.0 Å². The summed E-state index contributed by atoms with van der Waals surface area (Å²) in [6, 6.07) is 6.90. The zero-order valence-corrected chi connectivity index (χ0v) is 20.9. The number of ketones is 2. The molecule has 5 rings (SSSR count). The molecule has 2 aromatic rings. The highest BCUT2D eigenvalue weighted by Crippen LogP contribution is 2.45. The first-order valence-corrected chi connectivity index (χ1v) is 12.4. The molecule has 2 heterocycles. The monoisotopic (exact) mass is 564 g/mol. The van der Waals surface area contributed by atoms with Gasteiger partial charge in [0.15, 0.2) is 29.4 Å². The fourth-order valence-electron chi connectivity index (χ4n) is 4.91. The first kappa shape index (κ1) is 28.4. The summed E-state index contributed by atoms with van der Waals surface area (Å²) in [7, 11) is 0. The Labute approximate surface area is 226 Å². The maximum atomic E-state index is 13.1. The number of rotatable bonds is 5. The zero-order valence-electron chi connectivity index (χ0n) is 20.9. The minimum Gasteiger partial charge on any atom is -0.504 e. The van der Waals surface area contributed by atoms with Crippen molar-refractivity contribution in [1.82, 2.24) is 0 Å². The van der Waals surface area contributed by atoms with Crippen molar-refractivity contribution < 1.29 is 69.4 Å². The second-order valence-electron chi connectivity index (χ2n) is 9.85. The van der Waals surface area contributed by atoms with E-state index < -0.39 is 102 Å². The molecule has 10 atom stereocenters. The Hall–Kier alpha value is -3.18. The Morgan fingerprint density at radius 1 is 0.725 bits per heavy atom. The van der Waals surface area contributed by atoms with E-state index >= 15 is 0 Å². The predicted octanol–water partition coefficient (Wildman–Crippen LogP) is -2.10. The van der Waals surface area contributed by atoms with Crippen LogP contribution in [0.4, 0.5) is 0 Å². The molecule has 0 amide bonds. The number of phenolic OH excluding ortho intramolecular Hbond substituents is 2. The molecule has 8 N–H and O–H groups in total. The molecule has 14 heteroatoms. The van der Waals surface area contributed by atoms with Crippen LogP contribution in [-0.2, 0) is 14.2 Å². The first-order chi connectivity index (χ1) is 18.9. The Morgan fingerprint density at radius 2 is 1.32 bits per heavy atom. The topological polar surface area (TPSA) is 233 Å². The maximum Gasteiger partial charge on any atom is 0.229 e. The Bertz CT molecular complexity index is 1310. The van der Waals surface area contributed by atoms with E-state index in [0.29, 0.717) is 0 Å². The number of aliphatic hydroxyl groups excluding tert-OH is 6. The van der Waals surface area contributed by atoms with Gasteiger partial charge in [-0.2, -0.15) is 0 Å². The largest absolute Gasteiger partial charge is 0.504 e. The molecule has 0 saturated carbocycles. The lowest BCUT2D eigenvalue weighted by Crippen LogP contribution is -2.61. The van der Waals surface area contributed by atoms with Crippen molar-refractivity contribution in [1.29, 1.82) is 0 Å². The van der Waals surface area contributed by atoms with Crippen LogP contribution in [0.5, 0.6) is 17.2 Å². The van der Waals surface area contributed by atoms with Gasteiger partial charge in [-0.15, -0.1) is 0 Å². The van der Waals surface area contributed by atoms with E-state index in [-0.39, 0.29) is 16.7 Å². The summed E-state index contributed by atoms with van der Waals surface area (Å²) in [5.74, 6) is -3.78. The zero-order chi connectivity index (χ0) is 29.0. The minimum absolute atomic E-state index is 0.0397. The summed E-state index contributed by atoms with van der Waals surface area (Å²) >= 11 is 0. The number of carbonyl (C=O) groups is 2. The van der Waals surface area contributed by atoms with Crippen LogP contribution < -0.4 is 4.74 Å². The highest BCUT2D eigenvalue weighted by Gasteiger charge is 2.48. The number of fused-ring (bicyclic) bond motifs is 2. The molecule has 0 bridgehead atoms. The number of aliphatic hydroxyl groups is 6.